The molecule has 0 aromatic heterocycles. The lowest BCUT2D eigenvalue weighted by Crippen LogP contribution is -2.46. The lowest BCUT2D eigenvalue weighted by Gasteiger charge is -2.43. The topological polar surface area (TPSA) is 18.5 Å². The molecular weight excluding hydrogens is 304 g/mol. The monoisotopic (exact) mass is 342 g/mol. The van der Waals surface area contributed by atoms with E-state index in [1.165, 1.54) is 18.4 Å². The third kappa shape index (κ3) is 5.24. The van der Waals surface area contributed by atoms with Crippen molar-refractivity contribution in [3.05, 3.63) is 11.3 Å². The lowest BCUT2D eigenvalue weighted by molar-refractivity contribution is 0.161. The van der Waals surface area contributed by atoms with Crippen molar-refractivity contribution in [2.45, 2.75) is 97.8 Å². The van der Waals surface area contributed by atoms with Gasteiger partial charge in [-0.1, -0.05) is 27.7 Å². The average Bonchev–Trinajstić information content (AvgIpc) is 2.23. The van der Waals surface area contributed by atoms with Crippen molar-refractivity contribution >= 4 is 16.6 Å². The molecule has 0 unspecified atom stereocenters. The molecule has 1 saturated carbocycles. The minimum atomic E-state index is -1.75. The fourth-order valence-electron chi connectivity index (χ4n) is 2.98. The summed E-state index contributed by atoms with van der Waals surface area (Å²) in [5.74, 6) is 1.73. The first-order valence-electron chi connectivity index (χ1n) is 8.82. The van der Waals surface area contributed by atoms with Gasteiger partial charge < -0.3 is 8.85 Å². The highest BCUT2D eigenvalue weighted by Gasteiger charge is 2.41. The van der Waals surface area contributed by atoms with Gasteiger partial charge in [-0.15, -0.1) is 0 Å². The van der Waals surface area contributed by atoms with Gasteiger partial charge in [-0.05, 0) is 75.5 Å². The molecule has 2 nitrogen and oxygen atoms in total. The van der Waals surface area contributed by atoms with Crippen LogP contribution >= 0.6 is 0 Å². The molecule has 0 aromatic carbocycles. The van der Waals surface area contributed by atoms with Crippen molar-refractivity contribution in [1.29, 1.82) is 0 Å². The normalized spacial score (nSPS) is 26.8. The number of rotatable bonds is 4. The Bertz CT molecular complexity index is 414. The molecule has 0 bridgehead atoms. The van der Waals surface area contributed by atoms with E-state index in [4.69, 9.17) is 8.85 Å². The number of allylic oxidation sites excluding steroid dienone is 1. The fraction of sp³-hybridized carbons (Fsp3) is 0.889. The summed E-state index contributed by atoms with van der Waals surface area (Å²) in [6.07, 6.45) is 3.95. The van der Waals surface area contributed by atoms with Gasteiger partial charge in [0.25, 0.3) is 0 Å². The molecule has 0 radical (unpaired) electrons. The third-order valence-electron chi connectivity index (χ3n) is 5.09. The maximum Gasteiger partial charge on any atom is 0.241 e. The van der Waals surface area contributed by atoms with Crippen LogP contribution in [0.5, 0.6) is 0 Å². The Morgan fingerprint density at radius 3 is 2.05 bits per heavy atom. The van der Waals surface area contributed by atoms with Gasteiger partial charge in [0.15, 0.2) is 8.32 Å². The molecule has 0 aliphatic heterocycles. The summed E-state index contributed by atoms with van der Waals surface area (Å²) < 4.78 is 13.1. The van der Waals surface area contributed by atoms with Gasteiger partial charge in [-0.3, -0.25) is 0 Å². The van der Waals surface area contributed by atoms with Crippen LogP contribution in [0.1, 0.15) is 53.9 Å². The summed E-state index contributed by atoms with van der Waals surface area (Å²) in [6.45, 7) is 23.0. The van der Waals surface area contributed by atoms with Crippen LogP contribution in [0.4, 0.5) is 0 Å². The third-order valence-corrected chi connectivity index (χ3v) is 10.5. The van der Waals surface area contributed by atoms with Crippen LogP contribution in [-0.4, -0.2) is 22.7 Å². The Morgan fingerprint density at radius 2 is 1.59 bits per heavy atom. The van der Waals surface area contributed by atoms with Crippen molar-refractivity contribution in [2.24, 2.45) is 5.92 Å². The van der Waals surface area contributed by atoms with Gasteiger partial charge in [0.2, 0.25) is 8.32 Å². The summed E-state index contributed by atoms with van der Waals surface area (Å²) in [5, 5.41) is 0.256. The molecule has 0 spiro atoms. The molecular formula is C18H38O2Si2. The second-order valence-electron chi connectivity index (χ2n) is 9.42. The first kappa shape index (κ1) is 20.0. The largest absolute Gasteiger partial charge is 0.547 e. The summed E-state index contributed by atoms with van der Waals surface area (Å²) in [7, 11) is -3.31. The van der Waals surface area contributed by atoms with Gasteiger partial charge in [-0.25, -0.2) is 0 Å². The van der Waals surface area contributed by atoms with Crippen LogP contribution < -0.4 is 0 Å². The van der Waals surface area contributed by atoms with Crippen molar-refractivity contribution in [3.8, 4) is 0 Å². The molecule has 1 aliphatic rings. The molecule has 130 valence electrons. The SMILES string of the molecule is C/C(O[Si](C)(C)C)=C1\[C@@H](O[Si](C)(C)C(C)(C)C)CCC[C@@H]1C. The number of hydrogen-bond donors (Lipinski definition) is 0. The van der Waals surface area contributed by atoms with E-state index >= 15 is 0 Å². The molecule has 22 heavy (non-hydrogen) atoms. The number of hydrogen-bond acceptors (Lipinski definition) is 2. The van der Waals surface area contributed by atoms with E-state index in [1.807, 2.05) is 0 Å². The first-order chi connectivity index (χ1) is 9.74. The molecule has 1 rings (SSSR count). The van der Waals surface area contributed by atoms with E-state index in [0.29, 0.717) is 5.92 Å². The van der Waals surface area contributed by atoms with Crippen molar-refractivity contribution in [1.82, 2.24) is 0 Å². The Hall–Kier alpha value is -0.0662. The zero-order valence-corrected chi connectivity index (χ0v) is 18.6. The van der Waals surface area contributed by atoms with Crippen LogP contribution in [0.25, 0.3) is 0 Å². The highest BCUT2D eigenvalue weighted by atomic mass is 28.4. The Labute approximate surface area is 140 Å². The lowest BCUT2D eigenvalue weighted by atomic mass is 9.83. The van der Waals surface area contributed by atoms with Crippen LogP contribution in [0.2, 0.25) is 37.8 Å². The minimum absolute atomic E-state index is 0.256. The Morgan fingerprint density at radius 1 is 1.05 bits per heavy atom. The van der Waals surface area contributed by atoms with E-state index in [9.17, 15) is 0 Å². The van der Waals surface area contributed by atoms with Crippen LogP contribution in [-0.2, 0) is 8.85 Å². The van der Waals surface area contributed by atoms with Crippen LogP contribution in [0.3, 0.4) is 0 Å². The predicted octanol–water partition coefficient (Wildman–Crippen LogP) is 6.32. The highest BCUT2D eigenvalue weighted by molar-refractivity contribution is 6.74. The zero-order chi connectivity index (χ0) is 17.3. The second-order valence-corrected chi connectivity index (χ2v) is 18.6. The molecule has 0 amide bonds. The fourth-order valence-corrected chi connectivity index (χ4v) is 5.33. The van der Waals surface area contributed by atoms with Crippen LogP contribution in [0.15, 0.2) is 11.3 Å². The van der Waals surface area contributed by atoms with E-state index in [0.717, 1.165) is 12.2 Å². The first-order valence-corrected chi connectivity index (χ1v) is 15.1. The van der Waals surface area contributed by atoms with E-state index in [1.54, 1.807) is 0 Å². The summed E-state index contributed by atoms with van der Waals surface area (Å²) in [6, 6.07) is 0. The minimum Gasteiger partial charge on any atom is -0.547 e. The molecule has 0 heterocycles. The Balaban J connectivity index is 3.07. The summed E-state index contributed by atoms with van der Waals surface area (Å²) >= 11 is 0. The standard InChI is InChI=1S/C18H38O2Si2/c1-14-12-11-13-16(20-22(9,10)18(3,4)5)17(14)15(2)19-21(6,7)8/h14,16H,11-13H2,1-10H3/b17-15+/t14-,16-/m0/s1. The van der Waals surface area contributed by atoms with Crippen molar-refractivity contribution in [2.75, 3.05) is 0 Å². The highest BCUT2D eigenvalue weighted by Crippen LogP contribution is 2.42. The van der Waals surface area contributed by atoms with Gasteiger partial charge in [0.05, 0.1) is 11.9 Å². The van der Waals surface area contributed by atoms with E-state index < -0.39 is 16.6 Å². The van der Waals surface area contributed by atoms with Crippen molar-refractivity contribution < 1.29 is 8.85 Å². The average molecular weight is 343 g/mol. The molecule has 2 atom stereocenters. The molecule has 0 saturated heterocycles. The van der Waals surface area contributed by atoms with Crippen molar-refractivity contribution in [3.63, 3.8) is 0 Å². The quantitative estimate of drug-likeness (QED) is 0.439. The molecule has 1 aliphatic carbocycles. The molecule has 4 heteroatoms. The zero-order valence-electron chi connectivity index (χ0n) is 16.6. The Kier molecular flexibility index (Phi) is 6.19. The summed E-state index contributed by atoms with van der Waals surface area (Å²) in [5.41, 5.74) is 1.44. The molecule has 0 aromatic rings. The van der Waals surface area contributed by atoms with E-state index in [2.05, 4.69) is 67.4 Å². The second kappa shape index (κ2) is 6.82. The smallest absolute Gasteiger partial charge is 0.241 e. The maximum absolute atomic E-state index is 6.78. The van der Waals surface area contributed by atoms with Gasteiger partial charge in [-0.2, -0.15) is 0 Å². The predicted molar refractivity (Wildman–Crippen MR) is 102 cm³/mol. The van der Waals surface area contributed by atoms with Gasteiger partial charge in [0.1, 0.15) is 0 Å². The van der Waals surface area contributed by atoms with Gasteiger partial charge in [0, 0.05) is 0 Å². The maximum atomic E-state index is 6.78. The van der Waals surface area contributed by atoms with Crippen LogP contribution in [0, 0.1) is 5.92 Å². The molecule has 0 N–H and O–H groups in total. The van der Waals surface area contributed by atoms with E-state index in [-0.39, 0.29) is 11.1 Å². The molecule has 1 fully saturated rings. The summed E-state index contributed by atoms with van der Waals surface area (Å²) in [4.78, 5) is 0. The van der Waals surface area contributed by atoms with Gasteiger partial charge >= 0.3 is 0 Å².